The Kier molecular flexibility index (Phi) is 4.12. The largest absolute Gasteiger partial charge is 0.395 e. The van der Waals surface area contributed by atoms with Crippen LogP contribution >= 0.6 is 11.6 Å². The van der Waals surface area contributed by atoms with Crippen LogP contribution < -0.4 is 5.32 Å². The number of likely N-dealkylation sites (N-methyl/N-ethyl adjacent to an activating group) is 1. The molecule has 1 aromatic heterocycles. The van der Waals surface area contributed by atoms with Crippen molar-refractivity contribution in [2.45, 2.75) is 18.5 Å². The molecule has 3 rings (SSSR count). The van der Waals surface area contributed by atoms with Crippen molar-refractivity contribution in [1.82, 2.24) is 14.8 Å². The molecule has 2 atom stereocenters. The lowest BCUT2D eigenvalue weighted by atomic mass is 10.2. The van der Waals surface area contributed by atoms with Crippen LogP contribution in [0.15, 0.2) is 24.3 Å². The van der Waals surface area contributed by atoms with Crippen LogP contribution in [-0.2, 0) is 7.05 Å². The molecule has 22 heavy (non-hydrogen) atoms. The zero-order valence-corrected chi connectivity index (χ0v) is 13.5. The van der Waals surface area contributed by atoms with Crippen molar-refractivity contribution in [3.63, 3.8) is 0 Å². The quantitative estimate of drug-likeness (QED) is 0.903. The van der Waals surface area contributed by atoms with E-state index in [9.17, 15) is 9.90 Å². The molecule has 118 valence electrons. The summed E-state index contributed by atoms with van der Waals surface area (Å²) in [5, 5.41) is 14.0. The third kappa shape index (κ3) is 2.72. The van der Waals surface area contributed by atoms with Crippen molar-refractivity contribution in [2.75, 3.05) is 20.2 Å². The summed E-state index contributed by atoms with van der Waals surface area (Å²) in [5.74, 6) is -0.0909. The highest BCUT2D eigenvalue weighted by Gasteiger charge is 2.30. The average Bonchev–Trinajstić information content (AvgIpc) is 2.99. The van der Waals surface area contributed by atoms with Gasteiger partial charge in [0.2, 0.25) is 0 Å². The molecule has 2 unspecified atom stereocenters. The van der Waals surface area contributed by atoms with E-state index in [2.05, 4.69) is 10.2 Å². The summed E-state index contributed by atoms with van der Waals surface area (Å²) in [6.07, 6.45) is 0.772. The highest BCUT2D eigenvalue weighted by atomic mass is 35.5. The number of carbonyl (C=O) groups is 1. The van der Waals surface area contributed by atoms with E-state index < -0.39 is 0 Å². The number of aromatic nitrogens is 1. The summed E-state index contributed by atoms with van der Waals surface area (Å²) in [5.41, 5.74) is 1.56. The Hall–Kier alpha value is -1.56. The molecule has 2 N–H and O–H groups in total. The van der Waals surface area contributed by atoms with Gasteiger partial charge in [0, 0.05) is 41.6 Å². The maximum absolute atomic E-state index is 12.5. The van der Waals surface area contributed by atoms with Crippen LogP contribution in [0.25, 0.3) is 10.9 Å². The van der Waals surface area contributed by atoms with Gasteiger partial charge in [-0.2, -0.15) is 0 Å². The molecule has 1 fully saturated rings. The van der Waals surface area contributed by atoms with Gasteiger partial charge in [-0.05, 0) is 31.7 Å². The Bertz CT molecular complexity index is 713. The number of aliphatic hydroxyl groups excluding tert-OH is 1. The lowest BCUT2D eigenvalue weighted by Gasteiger charge is -2.15. The smallest absolute Gasteiger partial charge is 0.268 e. The number of rotatable bonds is 3. The lowest BCUT2D eigenvalue weighted by molar-refractivity contribution is 0.0930. The number of fused-ring (bicyclic) bond motifs is 1. The molecule has 1 aliphatic rings. The Balaban J connectivity index is 1.80. The topological polar surface area (TPSA) is 57.5 Å². The van der Waals surface area contributed by atoms with E-state index in [0.717, 1.165) is 23.9 Å². The first-order chi connectivity index (χ1) is 10.5. The summed E-state index contributed by atoms with van der Waals surface area (Å²) in [4.78, 5) is 14.6. The molecule has 0 aliphatic carbocycles. The van der Waals surface area contributed by atoms with E-state index >= 15 is 0 Å². The van der Waals surface area contributed by atoms with Crippen LogP contribution in [0, 0.1) is 0 Å². The summed E-state index contributed by atoms with van der Waals surface area (Å²) >= 11 is 6.02. The van der Waals surface area contributed by atoms with Gasteiger partial charge in [-0.1, -0.05) is 17.7 Å². The van der Waals surface area contributed by atoms with Crippen molar-refractivity contribution in [2.24, 2.45) is 7.05 Å². The minimum atomic E-state index is -0.0909. The molecular formula is C16H20ClN3O2. The van der Waals surface area contributed by atoms with E-state index in [4.69, 9.17) is 11.6 Å². The van der Waals surface area contributed by atoms with E-state index in [1.807, 2.05) is 42.9 Å². The highest BCUT2D eigenvalue weighted by Crippen LogP contribution is 2.23. The number of hydrogen-bond acceptors (Lipinski definition) is 3. The van der Waals surface area contributed by atoms with Crippen LogP contribution in [0.5, 0.6) is 0 Å². The molecule has 2 aromatic rings. The molecule has 0 radical (unpaired) electrons. The maximum atomic E-state index is 12.5. The number of nitrogens with zero attached hydrogens (tertiary/aromatic N) is 2. The van der Waals surface area contributed by atoms with Gasteiger partial charge in [0.15, 0.2) is 0 Å². The SMILES string of the molecule is CN1CC(NC(=O)c2cc3ccc(Cl)cc3n2C)CC1CO. The van der Waals surface area contributed by atoms with Crippen LogP contribution in [0.3, 0.4) is 0 Å². The number of halogens is 1. The molecule has 6 heteroatoms. The molecule has 0 saturated carbocycles. The Labute approximate surface area is 134 Å². The third-order valence-electron chi connectivity index (χ3n) is 4.47. The zero-order chi connectivity index (χ0) is 15.9. The normalized spacial score (nSPS) is 22.4. The van der Waals surface area contributed by atoms with E-state index in [1.165, 1.54) is 0 Å². The van der Waals surface area contributed by atoms with Gasteiger partial charge in [0.1, 0.15) is 5.69 Å². The molecule has 2 heterocycles. The van der Waals surface area contributed by atoms with E-state index in [1.54, 1.807) is 0 Å². The zero-order valence-electron chi connectivity index (χ0n) is 12.7. The highest BCUT2D eigenvalue weighted by molar-refractivity contribution is 6.31. The Morgan fingerprint density at radius 1 is 1.41 bits per heavy atom. The predicted octanol–water partition coefficient (Wildman–Crippen LogP) is 1.63. The number of likely N-dealkylation sites (tertiary alicyclic amines) is 1. The minimum absolute atomic E-state index is 0.0660. The summed E-state index contributed by atoms with van der Waals surface area (Å²) in [7, 11) is 3.83. The van der Waals surface area contributed by atoms with Gasteiger partial charge in [-0.3, -0.25) is 9.69 Å². The fourth-order valence-electron chi connectivity index (χ4n) is 3.18. The summed E-state index contributed by atoms with van der Waals surface area (Å²) in [6.45, 7) is 0.877. The maximum Gasteiger partial charge on any atom is 0.268 e. The minimum Gasteiger partial charge on any atom is -0.395 e. The number of amides is 1. The van der Waals surface area contributed by atoms with Gasteiger partial charge < -0.3 is 15.0 Å². The van der Waals surface area contributed by atoms with Gasteiger partial charge >= 0.3 is 0 Å². The molecule has 0 spiro atoms. The first-order valence-corrected chi connectivity index (χ1v) is 7.74. The molecule has 1 aromatic carbocycles. The summed E-state index contributed by atoms with van der Waals surface area (Å²) in [6, 6.07) is 7.66. The van der Waals surface area contributed by atoms with Crippen molar-refractivity contribution < 1.29 is 9.90 Å². The third-order valence-corrected chi connectivity index (χ3v) is 4.71. The van der Waals surface area contributed by atoms with Crippen molar-refractivity contribution in [1.29, 1.82) is 0 Å². The number of benzene rings is 1. The fraction of sp³-hybridized carbons (Fsp3) is 0.438. The van der Waals surface area contributed by atoms with Crippen molar-refractivity contribution >= 4 is 28.4 Å². The van der Waals surface area contributed by atoms with E-state index in [0.29, 0.717) is 10.7 Å². The van der Waals surface area contributed by atoms with Gasteiger partial charge in [-0.15, -0.1) is 0 Å². The first kappa shape index (κ1) is 15.3. The molecule has 1 saturated heterocycles. The van der Waals surface area contributed by atoms with Crippen LogP contribution in [0.1, 0.15) is 16.9 Å². The van der Waals surface area contributed by atoms with E-state index in [-0.39, 0.29) is 24.6 Å². The Morgan fingerprint density at radius 2 is 2.18 bits per heavy atom. The molecule has 1 amide bonds. The predicted molar refractivity (Wildman–Crippen MR) is 87.3 cm³/mol. The lowest BCUT2D eigenvalue weighted by Crippen LogP contribution is -2.37. The second-order valence-electron chi connectivity index (χ2n) is 5.97. The fourth-order valence-corrected chi connectivity index (χ4v) is 3.34. The molecule has 0 bridgehead atoms. The molecular weight excluding hydrogens is 302 g/mol. The van der Waals surface area contributed by atoms with Crippen molar-refractivity contribution in [3.05, 3.63) is 35.0 Å². The Morgan fingerprint density at radius 3 is 2.86 bits per heavy atom. The number of aryl methyl sites for hydroxylation is 1. The monoisotopic (exact) mass is 321 g/mol. The number of aliphatic hydroxyl groups is 1. The average molecular weight is 322 g/mol. The number of hydrogen-bond donors (Lipinski definition) is 2. The molecule has 5 nitrogen and oxygen atoms in total. The second kappa shape index (κ2) is 5.91. The van der Waals surface area contributed by atoms with Crippen LogP contribution in [0.2, 0.25) is 5.02 Å². The number of carbonyl (C=O) groups excluding carboxylic acids is 1. The number of nitrogens with one attached hydrogen (secondary N) is 1. The second-order valence-corrected chi connectivity index (χ2v) is 6.41. The van der Waals surface area contributed by atoms with Crippen molar-refractivity contribution in [3.8, 4) is 0 Å². The molecule has 1 aliphatic heterocycles. The standard InChI is InChI=1S/C16H20ClN3O2/c1-19-8-12(7-13(19)9-21)18-16(22)15-5-10-3-4-11(17)6-14(10)20(15)2/h3-6,12-13,21H,7-9H2,1-2H3,(H,18,22). The van der Waals surface area contributed by atoms with Gasteiger partial charge in [-0.25, -0.2) is 0 Å². The first-order valence-electron chi connectivity index (χ1n) is 7.36. The summed E-state index contributed by atoms with van der Waals surface area (Å²) < 4.78 is 1.86. The van der Waals surface area contributed by atoms with Crippen LogP contribution in [0.4, 0.5) is 0 Å². The van der Waals surface area contributed by atoms with Gasteiger partial charge in [0.05, 0.1) is 6.61 Å². The van der Waals surface area contributed by atoms with Gasteiger partial charge in [0.25, 0.3) is 5.91 Å². The van der Waals surface area contributed by atoms with Crippen LogP contribution in [-0.4, -0.2) is 52.8 Å².